The first kappa shape index (κ1) is 16.3. The summed E-state index contributed by atoms with van der Waals surface area (Å²) in [5, 5.41) is 3.51. The van der Waals surface area contributed by atoms with Crippen molar-refractivity contribution < 1.29 is 9.53 Å². The van der Waals surface area contributed by atoms with Gasteiger partial charge in [0.2, 0.25) is 0 Å². The number of benzene rings is 1. The molecule has 0 aliphatic carbocycles. The summed E-state index contributed by atoms with van der Waals surface area (Å²) in [6, 6.07) is 9.35. The number of hydrogen-bond donors (Lipinski definition) is 2. The molecule has 0 spiro atoms. The standard InChI is InChI=1S/C16H18ClN5O2/c17-14-15(18)19-10-20-16(14)21-11-6-7-22(8-11)13(23)9-24-12-4-2-1-3-5-12/h1-5,10-11H,6-9H2,(H3,18,19,20,21)/t11-/m0/s1. The predicted molar refractivity (Wildman–Crippen MR) is 92.0 cm³/mol. The third-order valence-electron chi connectivity index (χ3n) is 3.80. The topological polar surface area (TPSA) is 93.4 Å². The molecule has 1 aromatic heterocycles. The largest absolute Gasteiger partial charge is 0.484 e. The van der Waals surface area contributed by atoms with Crippen LogP contribution in [0, 0.1) is 0 Å². The highest BCUT2D eigenvalue weighted by Gasteiger charge is 2.27. The number of ether oxygens (including phenoxy) is 1. The Morgan fingerprint density at radius 1 is 1.38 bits per heavy atom. The Kier molecular flexibility index (Phi) is 5.00. The molecule has 1 amide bonds. The lowest BCUT2D eigenvalue weighted by Gasteiger charge is -2.18. The Morgan fingerprint density at radius 3 is 2.96 bits per heavy atom. The van der Waals surface area contributed by atoms with Gasteiger partial charge < -0.3 is 20.7 Å². The van der Waals surface area contributed by atoms with Gasteiger partial charge in [0.1, 0.15) is 22.9 Å². The van der Waals surface area contributed by atoms with Gasteiger partial charge in [-0.05, 0) is 18.6 Å². The van der Waals surface area contributed by atoms with Gasteiger partial charge in [0.25, 0.3) is 5.91 Å². The second-order valence-electron chi connectivity index (χ2n) is 5.49. The third-order valence-corrected chi connectivity index (χ3v) is 4.18. The minimum absolute atomic E-state index is 0.0257. The normalized spacial score (nSPS) is 16.9. The maximum atomic E-state index is 12.2. The summed E-state index contributed by atoms with van der Waals surface area (Å²) in [6.45, 7) is 1.25. The van der Waals surface area contributed by atoms with Crippen molar-refractivity contribution in [3.05, 3.63) is 41.7 Å². The van der Waals surface area contributed by atoms with Crippen molar-refractivity contribution in [3.63, 3.8) is 0 Å². The molecular weight excluding hydrogens is 330 g/mol. The molecule has 3 N–H and O–H groups in total. The number of rotatable bonds is 5. The van der Waals surface area contributed by atoms with Crippen molar-refractivity contribution in [1.29, 1.82) is 0 Å². The summed E-state index contributed by atoms with van der Waals surface area (Å²) in [4.78, 5) is 21.9. The molecule has 1 aromatic carbocycles. The second-order valence-corrected chi connectivity index (χ2v) is 5.87. The molecule has 1 aliphatic rings. The van der Waals surface area contributed by atoms with E-state index in [0.717, 1.165) is 6.42 Å². The molecule has 2 heterocycles. The fourth-order valence-electron chi connectivity index (χ4n) is 2.54. The Labute approximate surface area is 144 Å². The lowest BCUT2D eigenvalue weighted by Crippen LogP contribution is -2.35. The van der Waals surface area contributed by atoms with E-state index in [1.54, 1.807) is 4.90 Å². The summed E-state index contributed by atoms with van der Waals surface area (Å²) in [7, 11) is 0. The van der Waals surface area contributed by atoms with Crippen LogP contribution in [0.4, 0.5) is 11.6 Å². The summed E-state index contributed by atoms with van der Waals surface area (Å²) >= 11 is 6.08. The SMILES string of the molecule is Nc1ncnc(N[C@H]2CCN(C(=O)COc3ccccc3)C2)c1Cl. The number of para-hydroxylation sites is 1. The molecule has 1 saturated heterocycles. The maximum Gasteiger partial charge on any atom is 0.260 e. The van der Waals surface area contributed by atoms with Crippen LogP contribution in [0.15, 0.2) is 36.7 Å². The van der Waals surface area contributed by atoms with Gasteiger partial charge in [-0.25, -0.2) is 9.97 Å². The van der Waals surface area contributed by atoms with Gasteiger partial charge in [0.05, 0.1) is 0 Å². The number of likely N-dealkylation sites (tertiary alicyclic amines) is 1. The van der Waals surface area contributed by atoms with Crippen LogP contribution >= 0.6 is 11.6 Å². The van der Waals surface area contributed by atoms with Gasteiger partial charge in [-0.2, -0.15) is 0 Å². The fourth-order valence-corrected chi connectivity index (χ4v) is 2.69. The summed E-state index contributed by atoms with van der Waals surface area (Å²) in [5.74, 6) is 1.36. The van der Waals surface area contributed by atoms with Crippen LogP contribution < -0.4 is 15.8 Å². The zero-order valence-electron chi connectivity index (χ0n) is 13.0. The first-order chi connectivity index (χ1) is 11.6. The average molecular weight is 348 g/mol. The Balaban J connectivity index is 1.51. The first-order valence-electron chi connectivity index (χ1n) is 7.61. The van der Waals surface area contributed by atoms with E-state index >= 15 is 0 Å². The predicted octanol–water partition coefficient (Wildman–Crippen LogP) is 1.80. The van der Waals surface area contributed by atoms with Crippen LogP contribution in [0.25, 0.3) is 0 Å². The van der Waals surface area contributed by atoms with Crippen molar-refractivity contribution in [3.8, 4) is 5.75 Å². The lowest BCUT2D eigenvalue weighted by atomic mass is 10.2. The molecule has 7 nitrogen and oxygen atoms in total. The zero-order chi connectivity index (χ0) is 16.9. The molecule has 126 valence electrons. The molecule has 1 aliphatic heterocycles. The van der Waals surface area contributed by atoms with Crippen LogP contribution in [-0.4, -0.2) is 46.5 Å². The second kappa shape index (κ2) is 7.35. The Morgan fingerprint density at radius 2 is 2.17 bits per heavy atom. The van der Waals surface area contributed by atoms with Gasteiger partial charge in [-0.15, -0.1) is 0 Å². The molecule has 0 bridgehead atoms. The van der Waals surface area contributed by atoms with Gasteiger partial charge >= 0.3 is 0 Å². The van der Waals surface area contributed by atoms with Crippen LogP contribution in [-0.2, 0) is 4.79 Å². The lowest BCUT2D eigenvalue weighted by molar-refractivity contribution is -0.132. The van der Waals surface area contributed by atoms with E-state index in [1.807, 2.05) is 30.3 Å². The van der Waals surface area contributed by atoms with E-state index in [9.17, 15) is 4.79 Å². The monoisotopic (exact) mass is 347 g/mol. The highest BCUT2D eigenvalue weighted by molar-refractivity contribution is 6.35. The number of halogens is 1. The van der Waals surface area contributed by atoms with Gasteiger partial charge in [-0.3, -0.25) is 4.79 Å². The Hall–Kier alpha value is -2.54. The minimum Gasteiger partial charge on any atom is -0.484 e. The third kappa shape index (κ3) is 3.86. The quantitative estimate of drug-likeness (QED) is 0.856. The van der Waals surface area contributed by atoms with Gasteiger partial charge in [0.15, 0.2) is 12.4 Å². The number of nitrogens with one attached hydrogen (secondary N) is 1. The molecule has 3 rings (SSSR count). The smallest absolute Gasteiger partial charge is 0.260 e. The highest BCUT2D eigenvalue weighted by atomic mass is 35.5. The number of nitrogen functional groups attached to an aromatic ring is 1. The maximum absolute atomic E-state index is 12.2. The number of nitrogens with two attached hydrogens (primary N) is 1. The molecular formula is C16H18ClN5O2. The van der Waals surface area contributed by atoms with Gasteiger partial charge in [0, 0.05) is 19.1 Å². The molecule has 24 heavy (non-hydrogen) atoms. The van der Waals surface area contributed by atoms with E-state index in [-0.39, 0.29) is 24.4 Å². The summed E-state index contributed by atoms with van der Waals surface area (Å²) in [6.07, 6.45) is 2.16. The van der Waals surface area contributed by atoms with E-state index < -0.39 is 0 Å². The molecule has 1 atom stereocenters. The van der Waals surface area contributed by atoms with Crippen LogP contribution in [0.3, 0.4) is 0 Å². The number of carbonyl (C=O) groups excluding carboxylic acids is 1. The van der Waals surface area contributed by atoms with E-state index in [2.05, 4.69) is 15.3 Å². The molecule has 0 radical (unpaired) electrons. The van der Waals surface area contributed by atoms with E-state index in [1.165, 1.54) is 6.33 Å². The minimum atomic E-state index is -0.0450. The van der Waals surface area contributed by atoms with Crippen molar-refractivity contribution in [1.82, 2.24) is 14.9 Å². The highest BCUT2D eigenvalue weighted by Crippen LogP contribution is 2.25. The van der Waals surface area contributed by atoms with Crippen LogP contribution in [0.2, 0.25) is 5.02 Å². The number of carbonyl (C=O) groups is 1. The van der Waals surface area contributed by atoms with Crippen molar-refractivity contribution in [2.24, 2.45) is 0 Å². The van der Waals surface area contributed by atoms with Gasteiger partial charge in [-0.1, -0.05) is 29.8 Å². The number of hydrogen-bond acceptors (Lipinski definition) is 6. The molecule has 1 fully saturated rings. The molecule has 0 unspecified atom stereocenters. The first-order valence-corrected chi connectivity index (χ1v) is 7.99. The van der Waals surface area contributed by atoms with Crippen molar-refractivity contribution >= 4 is 29.1 Å². The van der Waals surface area contributed by atoms with Crippen LogP contribution in [0.1, 0.15) is 6.42 Å². The van der Waals surface area contributed by atoms with Crippen molar-refractivity contribution in [2.45, 2.75) is 12.5 Å². The number of aromatic nitrogens is 2. The number of nitrogens with zero attached hydrogens (tertiary/aromatic N) is 3. The number of amides is 1. The molecule has 0 saturated carbocycles. The fraction of sp³-hybridized carbons (Fsp3) is 0.312. The van der Waals surface area contributed by atoms with E-state index in [4.69, 9.17) is 22.1 Å². The van der Waals surface area contributed by atoms with Crippen LogP contribution in [0.5, 0.6) is 5.75 Å². The number of anilines is 2. The zero-order valence-corrected chi connectivity index (χ0v) is 13.7. The summed E-state index contributed by atoms with van der Waals surface area (Å²) in [5.41, 5.74) is 5.66. The molecule has 8 heteroatoms. The van der Waals surface area contributed by atoms with E-state index in [0.29, 0.717) is 29.7 Å². The Bertz CT molecular complexity index is 713. The average Bonchev–Trinajstić information content (AvgIpc) is 3.06. The van der Waals surface area contributed by atoms with Crippen molar-refractivity contribution in [2.75, 3.05) is 30.7 Å². The summed E-state index contributed by atoms with van der Waals surface area (Å²) < 4.78 is 5.50. The molecule has 2 aromatic rings.